The molecule has 114 valence electrons. The quantitative estimate of drug-likeness (QED) is 0.761. The van der Waals surface area contributed by atoms with Crippen molar-refractivity contribution < 1.29 is 14.3 Å². The summed E-state index contributed by atoms with van der Waals surface area (Å²) < 4.78 is 5.35. The van der Waals surface area contributed by atoms with Gasteiger partial charge in [0.25, 0.3) is 0 Å². The second kappa shape index (κ2) is 6.10. The van der Waals surface area contributed by atoms with Crippen LogP contribution in [0.25, 0.3) is 0 Å². The first kappa shape index (κ1) is 15.3. The second-order valence-corrected chi connectivity index (χ2v) is 6.23. The van der Waals surface area contributed by atoms with E-state index in [0.29, 0.717) is 19.6 Å². The molecule has 6 heteroatoms. The molecule has 6 nitrogen and oxygen atoms in total. The van der Waals surface area contributed by atoms with Crippen molar-refractivity contribution in [1.82, 2.24) is 10.2 Å². The third kappa shape index (κ3) is 3.49. The van der Waals surface area contributed by atoms with Gasteiger partial charge in [-0.3, -0.25) is 9.59 Å². The summed E-state index contributed by atoms with van der Waals surface area (Å²) in [6.45, 7) is 5.01. The molecule has 20 heavy (non-hydrogen) atoms. The molecule has 0 radical (unpaired) electrons. The molecule has 1 aliphatic carbocycles. The predicted molar refractivity (Wildman–Crippen MR) is 75.0 cm³/mol. The molecular weight excluding hydrogens is 258 g/mol. The number of hydrogen-bond acceptors (Lipinski definition) is 4. The summed E-state index contributed by atoms with van der Waals surface area (Å²) in [6.07, 6.45) is 3.21. The van der Waals surface area contributed by atoms with Crippen LogP contribution in [-0.4, -0.2) is 54.1 Å². The number of hydrogen-bond donors (Lipinski definition) is 2. The highest BCUT2D eigenvalue weighted by Crippen LogP contribution is 2.33. The maximum Gasteiger partial charge on any atom is 0.245 e. The Balaban J connectivity index is 1.98. The van der Waals surface area contributed by atoms with Crippen LogP contribution in [0.15, 0.2) is 0 Å². The first-order chi connectivity index (χ1) is 9.41. The minimum Gasteiger partial charge on any atom is -0.377 e. The van der Waals surface area contributed by atoms with Crippen molar-refractivity contribution in [3.8, 4) is 0 Å². The maximum absolute atomic E-state index is 12.4. The minimum atomic E-state index is -0.526. The summed E-state index contributed by atoms with van der Waals surface area (Å²) in [5, 5.41) is 2.84. The standard InChI is InChI=1S/C14H25N3O3/c1-10(2)16-13(19)11-9-20-7-6-17(11)12(18)8-14(15)4-3-5-14/h10-11H,3-9,15H2,1-2H3,(H,16,19). The fourth-order valence-electron chi connectivity index (χ4n) is 2.71. The molecule has 0 spiro atoms. The minimum absolute atomic E-state index is 0.0283. The molecule has 2 amide bonds. The van der Waals surface area contributed by atoms with Crippen molar-refractivity contribution in [2.45, 2.75) is 57.2 Å². The largest absolute Gasteiger partial charge is 0.377 e. The normalized spacial score (nSPS) is 25.2. The Hall–Kier alpha value is -1.14. The number of morpholine rings is 1. The lowest BCUT2D eigenvalue weighted by Gasteiger charge is -2.41. The Kier molecular flexibility index (Phi) is 4.65. The van der Waals surface area contributed by atoms with Crippen LogP contribution in [-0.2, 0) is 14.3 Å². The van der Waals surface area contributed by atoms with Crippen LogP contribution >= 0.6 is 0 Å². The van der Waals surface area contributed by atoms with Crippen molar-refractivity contribution in [3.63, 3.8) is 0 Å². The summed E-state index contributed by atoms with van der Waals surface area (Å²) >= 11 is 0. The molecule has 1 heterocycles. The van der Waals surface area contributed by atoms with Gasteiger partial charge in [0.2, 0.25) is 11.8 Å². The highest BCUT2D eigenvalue weighted by molar-refractivity contribution is 5.88. The van der Waals surface area contributed by atoms with E-state index in [1.807, 2.05) is 13.8 Å². The first-order valence-corrected chi connectivity index (χ1v) is 7.38. The lowest BCUT2D eigenvalue weighted by Crippen LogP contribution is -2.59. The monoisotopic (exact) mass is 283 g/mol. The Morgan fingerprint density at radius 1 is 1.45 bits per heavy atom. The number of carbonyl (C=O) groups is 2. The van der Waals surface area contributed by atoms with E-state index in [-0.39, 0.29) is 30.0 Å². The Labute approximate surface area is 120 Å². The lowest BCUT2D eigenvalue weighted by atomic mass is 9.75. The van der Waals surface area contributed by atoms with Crippen LogP contribution in [0.2, 0.25) is 0 Å². The number of amides is 2. The van der Waals surface area contributed by atoms with E-state index in [1.54, 1.807) is 4.90 Å². The van der Waals surface area contributed by atoms with Crippen LogP contribution in [0, 0.1) is 0 Å². The number of ether oxygens (including phenoxy) is 1. The van der Waals surface area contributed by atoms with Crippen molar-refractivity contribution in [3.05, 3.63) is 0 Å². The Bertz CT molecular complexity index is 380. The van der Waals surface area contributed by atoms with Crippen LogP contribution in [0.4, 0.5) is 0 Å². The zero-order chi connectivity index (χ0) is 14.8. The molecule has 0 aromatic rings. The number of carbonyl (C=O) groups excluding carboxylic acids is 2. The van der Waals surface area contributed by atoms with E-state index in [2.05, 4.69) is 5.32 Å². The molecule has 1 aliphatic heterocycles. The Morgan fingerprint density at radius 2 is 2.15 bits per heavy atom. The van der Waals surface area contributed by atoms with Gasteiger partial charge in [0, 0.05) is 24.5 Å². The zero-order valence-electron chi connectivity index (χ0n) is 12.4. The summed E-state index contributed by atoms with van der Waals surface area (Å²) in [4.78, 5) is 26.2. The van der Waals surface area contributed by atoms with Crippen LogP contribution in [0.1, 0.15) is 39.5 Å². The van der Waals surface area contributed by atoms with Crippen molar-refractivity contribution in [1.29, 1.82) is 0 Å². The van der Waals surface area contributed by atoms with Gasteiger partial charge in [0.15, 0.2) is 0 Å². The zero-order valence-corrected chi connectivity index (χ0v) is 12.4. The molecule has 1 unspecified atom stereocenters. The average Bonchev–Trinajstić information content (AvgIpc) is 2.36. The van der Waals surface area contributed by atoms with Gasteiger partial charge in [-0.25, -0.2) is 0 Å². The highest BCUT2D eigenvalue weighted by Gasteiger charge is 2.39. The summed E-state index contributed by atoms with van der Waals surface area (Å²) in [5.74, 6) is -0.174. The molecular formula is C14H25N3O3. The van der Waals surface area contributed by atoms with Gasteiger partial charge < -0.3 is 20.7 Å². The number of nitrogens with zero attached hydrogens (tertiary/aromatic N) is 1. The topological polar surface area (TPSA) is 84.7 Å². The summed E-state index contributed by atoms with van der Waals surface area (Å²) in [7, 11) is 0. The predicted octanol–water partition coefficient (Wildman–Crippen LogP) is 0.00990. The number of nitrogens with one attached hydrogen (secondary N) is 1. The molecule has 2 rings (SSSR count). The second-order valence-electron chi connectivity index (χ2n) is 6.23. The van der Waals surface area contributed by atoms with Gasteiger partial charge in [0.05, 0.1) is 13.2 Å². The maximum atomic E-state index is 12.4. The van der Waals surface area contributed by atoms with E-state index in [0.717, 1.165) is 19.3 Å². The third-order valence-electron chi connectivity index (χ3n) is 4.04. The summed E-state index contributed by atoms with van der Waals surface area (Å²) in [5.41, 5.74) is 5.78. The molecule has 2 aliphatic rings. The van der Waals surface area contributed by atoms with E-state index in [4.69, 9.17) is 10.5 Å². The first-order valence-electron chi connectivity index (χ1n) is 7.38. The van der Waals surface area contributed by atoms with Gasteiger partial charge in [-0.05, 0) is 33.1 Å². The third-order valence-corrected chi connectivity index (χ3v) is 4.04. The van der Waals surface area contributed by atoms with Gasteiger partial charge in [0.1, 0.15) is 6.04 Å². The summed E-state index contributed by atoms with van der Waals surface area (Å²) in [6, 6.07) is -0.476. The number of rotatable bonds is 4. The van der Waals surface area contributed by atoms with E-state index < -0.39 is 6.04 Å². The molecule has 0 aromatic carbocycles. The van der Waals surface area contributed by atoms with Crippen molar-refractivity contribution in [2.75, 3.05) is 19.8 Å². The highest BCUT2D eigenvalue weighted by atomic mass is 16.5. The lowest BCUT2D eigenvalue weighted by molar-refractivity contribution is -0.150. The molecule has 0 bridgehead atoms. The van der Waals surface area contributed by atoms with E-state index in [1.165, 1.54) is 0 Å². The average molecular weight is 283 g/mol. The van der Waals surface area contributed by atoms with Crippen LogP contribution in [0.5, 0.6) is 0 Å². The van der Waals surface area contributed by atoms with E-state index >= 15 is 0 Å². The van der Waals surface area contributed by atoms with Gasteiger partial charge in [-0.2, -0.15) is 0 Å². The fraction of sp³-hybridized carbons (Fsp3) is 0.857. The molecule has 1 atom stereocenters. The van der Waals surface area contributed by atoms with Gasteiger partial charge in [-0.1, -0.05) is 0 Å². The molecule has 1 saturated carbocycles. The number of nitrogens with two attached hydrogens (primary N) is 1. The van der Waals surface area contributed by atoms with Crippen LogP contribution in [0.3, 0.4) is 0 Å². The Morgan fingerprint density at radius 3 is 2.70 bits per heavy atom. The SMILES string of the molecule is CC(C)NC(=O)C1COCCN1C(=O)CC1(N)CCC1. The smallest absolute Gasteiger partial charge is 0.245 e. The van der Waals surface area contributed by atoms with E-state index in [9.17, 15) is 9.59 Å². The van der Waals surface area contributed by atoms with Crippen molar-refractivity contribution >= 4 is 11.8 Å². The van der Waals surface area contributed by atoms with Gasteiger partial charge in [-0.15, -0.1) is 0 Å². The fourth-order valence-corrected chi connectivity index (χ4v) is 2.71. The van der Waals surface area contributed by atoms with Gasteiger partial charge >= 0.3 is 0 Å². The molecule has 3 N–H and O–H groups in total. The molecule has 0 aromatic heterocycles. The molecule has 2 fully saturated rings. The molecule has 1 saturated heterocycles. The van der Waals surface area contributed by atoms with Crippen LogP contribution < -0.4 is 11.1 Å². The van der Waals surface area contributed by atoms with Crippen molar-refractivity contribution in [2.24, 2.45) is 5.73 Å².